The Bertz CT molecular complexity index is 1300. The number of carbonyl (C=O) groups excluding carboxylic acids is 1. The number of hydrogen-bond acceptors (Lipinski definition) is 5. The first-order valence-corrected chi connectivity index (χ1v) is 9.39. The molecule has 2 heterocycles. The number of halogens is 1. The predicted molar refractivity (Wildman–Crippen MR) is 116 cm³/mol. The summed E-state index contributed by atoms with van der Waals surface area (Å²) in [5.74, 6) is 0.0769. The van der Waals surface area contributed by atoms with Gasteiger partial charge in [0.05, 0.1) is 21.9 Å². The van der Waals surface area contributed by atoms with E-state index in [1.807, 2.05) is 54.6 Å². The van der Waals surface area contributed by atoms with Crippen LogP contribution in [0.25, 0.3) is 33.4 Å². The molecule has 0 saturated heterocycles. The van der Waals surface area contributed by atoms with Crippen LogP contribution in [0.2, 0.25) is 5.02 Å². The average molecular weight is 415 g/mol. The molecule has 7 nitrogen and oxygen atoms in total. The van der Waals surface area contributed by atoms with Gasteiger partial charge in [-0.25, -0.2) is 14.8 Å². The molecule has 0 aliphatic rings. The molecule has 2 aromatic carbocycles. The second-order valence-electron chi connectivity index (χ2n) is 6.33. The summed E-state index contributed by atoms with van der Waals surface area (Å²) in [5.41, 5.74) is 3.14. The minimum Gasteiger partial charge on any atom is -0.341 e. The number of urea groups is 1. The minimum atomic E-state index is -0.493. The molecular formula is C22H15ClN6O. The summed E-state index contributed by atoms with van der Waals surface area (Å²) in [7, 11) is 1.48. The molecule has 4 aromatic rings. The van der Waals surface area contributed by atoms with Gasteiger partial charge in [0.1, 0.15) is 6.07 Å². The first-order valence-electron chi connectivity index (χ1n) is 9.01. The van der Waals surface area contributed by atoms with Gasteiger partial charge >= 0.3 is 6.03 Å². The quantitative estimate of drug-likeness (QED) is 0.508. The molecular weight excluding hydrogens is 400 g/mol. The van der Waals surface area contributed by atoms with Crippen molar-refractivity contribution in [3.63, 3.8) is 0 Å². The Labute approximate surface area is 177 Å². The van der Waals surface area contributed by atoms with E-state index in [1.54, 1.807) is 12.3 Å². The summed E-state index contributed by atoms with van der Waals surface area (Å²) in [5, 5.41) is 15.9. The van der Waals surface area contributed by atoms with E-state index < -0.39 is 6.03 Å². The van der Waals surface area contributed by atoms with Crippen LogP contribution in [0.15, 0.2) is 60.8 Å². The van der Waals surface area contributed by atoms with E-state index in [0.29, 0.717) is 27.5 Å². The highest BCUT2D eigenvalue weighted by molar-refractivity contribution is 6.35. The number of amides is 2. The second-order valence-corrected chi connectivity index (χ2v) is 6.74. The molecule has 4 rings (SSSR count). The fraction of sp³-hybridized carbons (Fsp3) is 0.0455. The van der Waals surface area contributed by atoms with Gasteiger partial charge in [0.2, 0.25) is 0 Å². The summed E-state index contributed by atoms with van der Waals surface area (Å²) >= 11 is 6.46. The van der Waals surface area contributed by atoms with Crippen LogP contribution in [0.5, 0.6) is 0 Å². The largest absolute Gasteiger partial charge is 0.341 e. The number of benzene rings is 2. The summed E-state index contributed by atoms with van der Waals surface area (Å²) in [6.45, 7) is 0. The van der Waals surface area contributed by atoms with Crippen molar-refractivity contribution in [1.29, 1.82) is 5.26 Å². The third-order valence-corrected chi connectivity index (χ3v) is 4.73. The number of nitrogens with zero attached hydrogens (tertiary/aromatic N) is 4. The van der Waals surface area contributed by atoms with Crippen molar-refractivity contribution in [1.82, 2.24) is 20.3 Å². The molecule has 0 fully saturated rings. The van der Waals surface area contributed by atoms with Crippen molar-refractivity contribution in [2.75, 3.05) is 12.4 Å². The lowest BCUT2D eigenvalue weighted by Crippen LogP contribution is -2.26. The van der Waals surface area contributed by atoms with Crippen molar-refractivity contribution in [3.05, 3.63) is 71.5 Å². The Morgan fingerprint density at radius 3 is 2.53 bits per heavy atom. The maximum absolute atomic E-state index is 11.8. The first-order chi connectivity index (χ1) is 14.6. The van der Waals surface area contributed by atoms with E-state index in [0.717, 1.165) is 10.9 Å². The molecule has 0 bridgehead atoms. The zero-order valence-corrected chi connectivity index (χ0v) is 16.6. The molecule has 2 amide bonds. The number of nitriles is 1. The van der Waals surface area contributed by atoms with Gasteiger partial charge in [-0.3, -0.25) is 10.3 Å². The molecule has 0 atom stereocenters. The van der Waals surface area contributed by atoms with Crippen LogP contribution in [0.4, 0.5) is 10.6 Å². The fourth-order valence-corrected chi connectivity index (χ4v) is 3.33. The third-order valence-electron chi connectivity index (χ3n) is 4.44. The van der Waals surface area contributed by atoms with Gasteiger partial charge in [-0.05, 0) is 18.2 Å². The van der Waals surface area contributed by atoms with Gasteiger partial charge in [-0.2, -0.15) is 5.26 Å². The van der Waals surface area contributed by atoms with E-state index in [-0.39, 0.29) is 11.5 Å². The third kappa shape index (κ3) is 3.64. The molecule has 2 N–H and O–H groups in total. The lowest BCUT2D eigenvalue weighted by atomic mass is 10.0. The Kier molecular flexibility index (Phi) is 5.24. The normalized spacial score (nSPS) is 10.4. The van der Waals surface area contributed by atoms with Crippen LogP contribution < -0.4 is 10.6 Å². The zero-order chi connectivity index (χ0) is 21.1. The number of pyridine rings is 1. The molecule has 0 aliphatic heterocycles. The lowest BCUT2D eigenvalue weighted by molar-refractivity contribution is 0.254. The highest BCUT2D eigenvalue weighted by Gasteiger charge is 2.19. The first kappa shape index (κ1) is 19.3. The SMILES string of the molecule is CNC(=O)Nc1nc(-c2ccccc2)c(-c2cc(Cl)c3ncccc3c2)nc1C#N. The Hall–Kier alpha value is -4.02. The summed E-state index contributed by atoms with van der Waals surface area (Å²) in [4.78, 5) is 25.2. The van der Waals surface area contributed by atoms with E-state index >= 15 is 0 Å². The smallest absolute Gasteiger partial charge is 0.320 e. The topological polar surface area (TPSA) is 104 Å². The Balaban J connectivity index is 1.99. The zero-order valence-electron chi connectivity index (χ0n) is 15.8. The number of carbonyl (C=O) groups is 1. The van der Waals surface area contributed by atoms with Crippen LogP contribution in [0.3, 0.4) is 0 Å². The number of rotatable bonds is 3. The molecule has 0 radical (unpaired) electrons. The van der Waals surface area contributed by atoms with Gasteiger partial charge in [0.25, 0.3) is 0 Å². The number of aromatic nitrogens is 3. The van der Waals surface area contributed by atoms with Crippen molar-refractivity contribution in [2.24, 2.45) is 0 Å². The summed E-state index contributed by atoms with van der Waals surface area (Å²) < 4.78 is 0. The predicted octanol–water partition coefficient (Wildman–Crippen LogP) is 4.64. The van der Waals surface area contributed by atoms with Gasteiger partial charge in [-0.15, -0.1) is 0 Å². The summed E-state index contributed by atoms with van der Waals surface area (Å²) in [6, 6.07) is 18.3. The highest BCUT2D eigenvalue weighted by atomic mass is 35.5. The van der Waals surface area contributed by atoms with Gasteiger partial charge in [0, 0.05) is 29.8 Å². The fourth-order valence-electron chi connectivity index (χ4n) is 3.05. The van der Waals surface area contributed by atoms with Gasteiger partial charge < -0.3 is 5.32 Å². The number of fused-ring (bicyclic) bond motifs is 1. The molecule has 30 heavy (non-hydrogen) atoms. The van der Waals surface area contributed by atoms with Crippen LogP contribution in [-0.2, 0) is 0 Å². The summed E-state index contributed by atoms with van der Waals surface area (Å²) in [6.07, 6.45) is 1.68. The number of hydrogen-bond donors (Lipinski definition) is 2. The van der Waals surface area contributed by atoms with Gasteiger partial charge in [-0.1, -0.05) is 48.0 Å². The van der Waals surface area contributed by atoms with Crippen LogP contribution in [0.1, 0.15) is 5.69 Å². The van der Waals surface area contributed by atoms with Crippen LogP contribution >= 0.6 is 11.6 Å². The lowest BCUT2D eigenvalue weighted by Gasteiger charge is -2.14. The standard InChI is InChI=1S/C22H15ClN6O/c1-25-22(30)29-21-17(12-24)27-20(19(28-21)13-6-3-2-4-7-13)15-10-14-8-5-9-26-18(14)16(23)11-15/h2-11H,1H3,(H2,25,28,29,30). The maximum atomic E-state index is 11.8. The van der Waals surface area contributed by atoms with Crippen LogP contribution in [0, 0.1) is 11.3 Å². The van der Waals surface area contributed by atoms with E-state index in [2.05, 4.69) is 25.6 Å². The van der Waals surface area contributed by atoms with Crippen LogP contribution in [-0.4, -0.2) is 28.0 Å². The van der Waals surface area contributed by atoms with Gasteiger partial charge in [0.15, 0.2) is 11.5 Å². The Morgan fingerprint density at radius 2 is 1.80 bits per heavy atom. The average Bonchev–Trinajstić information content (AvgIpc) is 2.79. The van der Waals surface area contributed by atoms with E-state index in [9.17, 15) is 10.1 Å². The maximum Gasteiger partial charge on any atom is 0.320 e. The van der Waals surface area contributed by atoms with Crippen molar-refractivity contribution >= 4 is 34.4 Å². The molecule has 0 spiro atoms. The minimum absolute atomic E-state index is 0.00399. The molecule has 0 saturated carbocycles. The monoisotopic (exact) mass is 414 g/mol. The molecule has 8 heteroatoms. The molecule has 2 aromatic heterocycles. The van der Waals surface area contributed by atoms with Crippen molar-refractivity contribution < 1.29 is 4.79 Å². The number of nitrogens with one attached hydrogen (secondary N) is 2. The van der Waals surface area contributed by atoms with Crippen molar-refractivity contribution in [2.45, 2.75) is 0 Å². The molecule has 0 unspecified atom stereocenters. The number of anilines is 1. The second kappa shape index (κ2) is 8.15. The van der Waals surface area contributed by atoms with E-state index in [4.69, 9.17) is 11.6 Å². The van der Waals surface area contributed by atoms with Crippen molar-refractivity contribution in [3.8, 4) is 28.6 Å². The molecule has 0 aliphatic carbocycles. The molecule has 146 valence electrons. The highest BCUT2D eigenvalue weighted by Crippen LogP contribution is 2.35. The Morgan fingerprint density at radius 1 is 1.03 bits per heavy atom. The van der Waals surface area contributed by atoms with E-state index in [1.165, 1.54) is 7.05 Å².